The van der Waals surface area contributed by atoms with E-state index < -0.39 is 0 Å². The fourth-order valence-electron chi connectivity index (χ4n) is 2.29. The monoisotopic (exact) mass is 184 g/mol. The summed E-state index contributed by atoms with van der Waals surface area (Å²) in [5, 5.41) is 2.60. The summed E-state index contributed by atoms with van der Waals surface area (Å²) in [6.07, 6.45) is 13.1. The van der Waals surface area contributed by atoms with Crippen LogP contribution in [0.4, 0.5) is 0 Å². The van der Waals surface area contributed by atoms with Crippen molar-refractivity contribution in [2.45, 2.75) is 70.8 Å². The third-order valence-corrected chi connectivity index (χ3v) is 3.21. The van der Waals surface area contributed by atoms with Crippen molar-refractivity contribution in [2.75, 3.05) is 6.54 Å². The van der Waals surface area contributed by atoms with Crippen LogP contribution in [0, 0.1) is 0 Å². The molecule has 0 aromatic heterocycles. The van der Waals surface area contributed by atoms with E-state index in [9.17, 15) is 0 Å². The number of hydrogen-bond donors (Lipinski definition) is 1. The fraction of sp³-hybridized carbons (Fsp3) is 1.00. The molecule has 1 atom stereocenters. The highest BCUT2D eigenvalue weighted by Crippen LogP contribution is 2.10. The van der Waals surface area contributed by atoms with E-state index in [1.54, 1.807) is 0 Å². The minimum Gasteiger partial charge on any atom is -0.344 e. The Morgan fingerprint density at radius 1 is 1.08 bits per heavy atom. The van der Waals surface area contributed by atoms with Gasteiger partial charge in [-0.15, -0.1) is 0 Å². The minimum absolute atomic E-state index is 0.972. The number of nitrogens with two attached hydrogens (primary N) is 1. The van der Waals surface area contributed by atoms with Crippen LogP contribution in [0.15, 0.2) is 0 Å². The molecule has 0 amide bonds. The summed E-state index contributed by atoms with van der Waals surface area (Å²) >= 11 is 0. The van der Waals surface area contributed by atoms with E-state index in [2.05, 4.69) is 12.2 Å². The van der Waals surface area contributed by atoms with E-state index in [-0.39, 0.29) is 0 Å². The standard InChI is InChI=1S/C12H25N/c1-2-3-4-6-9-12-10-7-5-8-11-13-12/h12-13H,2-11H2,1H3/p+1/t12-/m0/s1. The van der Waals surface area contributed by atoms with Gasteiger partial charge in [-0.1, -0.05) is 26.2 Å². The summed E-state index contributed by atoms with van der Waals surface area (Å²) in [6.45, 7) is 3.68. The van der Waals surface area contributed by atoms with E-state index in [4.69, 9.17) is 0 Å². The van der Waals surface area contributed by atoms with Gasteiger partial charge in [0.25, 0.3) is 0 Å². The Labute approximate surface area is 83.3 Å². The summed E-state index contributed by atoms with van der Waals surface area (Å²) in [5.74, 6) is 0. The van der Waals surface area contributed by atoms with Crippen LogP contribution in [0.1, 0.15) is 64.7 Å². The predicted octanol–water partition coefficient (Wildman–Crippen LogP) is 2.46. The van der Waals surface area contributed by atoms with E-state index in [1.807, 2.05) is 0 Å². The van der Waals surface area contributed by atoms with Crippen LogP contribution in [0.3, 0.4) is 0 Å². The van der Waals surface area contributed by atoms with Gasteiger partial charge in [0.05, 0.1) is 12.6 Å². The van der Waals surface area contributed by atoms with Crippen LogP contribution >= 0.6 is 0 Å². The van der Waals surface area contributed by atoms with E-state index in [0.29, 0.717) is 0 Å². The molecule has 0 unspecified atom stereocenters. The second-order valence-corrected chi connectivity index (χ2v) is 4.48. The van der Waals surface area contributed by atoms with Crippen molar-refractivity contribution < 1.29 is 5.32 Å². The molecule has 1 heterocycles. The molecule has 0 aromatic rings. The number of unbranched alkanes of at least 4 members (excludes halogenated alkanes) is 3. The molecule has 1 rings (SSSR count). The van der Waals surface area contributed by atoms with Crippen LogP contribution in [0.25, 0.3) is 0 Å². The van der Waals surface area contributed by atoms with Crippen LogP contribution in [0.2, 0.25) is 0 Å². The average Bonchev–Trinajstić information content (AvgIpc) is 2.41. The lowest BCUT2D eigenvalue weighted by Gasteiger charge is -2.11. The van der Waals surface area contributed by atoms with Crippen LogP contribution < -0.4 is 5.32 Å². The SMILES string of the molecule is CCCCCC[C@H]1CCCCC[NH2+]1. The number of hydrogen-bond acceptors (Lipinski definition) is 0. The average molecular weight is 184 g/mol. The molecular weight excluding hydrogens is 158 g/mol. The molecule has 78 valence electrons. The first-order valence-corrected chi connectivity index (χ1v) is 6.27. The first kappa shape index (κ1) is 11.0. The van der Waals surface area contributed by atoms with Crippen molar-refractivity contribution in [1.29, 1.82) is 0 Å². The quantitative estimate of drug-likeness (QED) is 0.632. The topological polar surface area (TPSA) is 16.6 Å². The molecule has 2 N–H and O–H groups in total. The number of rotatable bonds is 5. The Kier molecular flexibility index (Phi) is 6.26. The summed E-state index contributed by atoms with van der Waals surface area (Å²) in [6, 6.07) is 0.972. The van der Waals surface area contributed by atoms with Gasteiger partial charge in [0.1, 0.15) is 0 Å². The second kappa shape index (κ2) is 7.37. The maximum absolute atomic E-state index is 2.60. The first-order chi connectivity index (χ1) is 6.43. The second-order valence-electron chi connectivity index (χ2n) is 4.48. The molecule has 1 fully saturated rings. The zero-order valence-corrected chi connectivity index (χ0v) is 9.23. The molecule has 0 saturated carbocycles. The molecule has 0 radical (unpaired) electrons. The van der Waals surface area contributed by atoms with Crippen LogP contribution in [0.5, 0.6) is 0 Å². The molecule has 1 saturated heterocycles. The van der Waals surface area contributed by atoms with Crippen molar-refractivity contribution in [3.05, 3.63) is 0 Å². The van der Waals surface area contributed by atoms with Gasteiger partial charge < -0.3 is 5.32 Å². The number of quaternary nitrogens is 1. The summed E-state index contributed by atoms with van der Waals surface area (Å²) in [7, 11) is 0. The minimum atomic E-state index is 0.972. The molecule has 1 aliphatic rings. The third kappa shape index (κ3) is 5.30. The van der Waals surface area contributed by atoms with E-state index >= 15 is 0 Å². The maximum Gasteiger partial charge on any atom is 0.0859 e. The fourth-order valence-corrected chi connectivity index (χ4v) is 2.29. The van der Waals surface area contributed by atoms with Crippen LogP contribution in [-0.4, -0.2) is 12.6 Å². The molecular formula is C12H26N+. The molecule has 0 bridgehead atoms. The van der Waals surface area contributed by atoms with Gasteiger partial charge >= 0.3 is 0 Å². The van der Waals surface area contributed by atoms with Gasteiger partial charge in [0, 0.05) is 0 Å². The van der Waals surface area contributed by atoms with Gasteiger partial charge in [-0.25, -0.2) is 0 Å². The summed E-state index contributed by atoms with van der Waals surface area (Å²) in [5.41, 5.74) is 0. The predicted molar refractivity (Wildman–Crippen MR) is 57.8 cm³/mol. The van der Waals surface area contributed by atoms with Gasteiger partial charge in [-0.05, 0) is 38.5 Å². The van der Waals surface area contributed by atoms with Crippen molar-refractivity contribution >= 4 is 0 Å². The Hall–Kier alpha value is -0.0400. The molecule has 0 spiro atoms. The maximum atomic E-state index is 2.60. The van der Waals surface area contributed by atoms with Crippen molar-refractivity contribution in [1.82, 2.24) is 0 Å². The Balaban J connectivity index is 1.98. The Bertz CT molecular complexity index is 104. The molecule has 0 aromatic carbocycles. The zero-order valence-electron chi connectivity index (χ0n) is 9.23. The van der Waals surface area contributed by atoms with Crippen molar-refractivity contribution in [3.8, 4) is 0 Å². The summed E-state index contributed by atoms with van der Waals surface area (Å²) in [4.78, 5) is 0. The largest absolute Gasteiger partial charge is 0.344 e. The summed E-state index contributed by atoms with van der Waals surface area (Å²) < 4.78 is 0. The third-order valence-electron chi connectivity index (χ3n) is 3.21. The van der Waals surface area contributed by atoms with E-state index in [1.165, 1.54) is 64.3 Å². The zero-order chi connectivity index (χ0) is 9.36. The molecule has 13 heavy (non-hydrogen) atoms. The van der Waals surface area contributed by atoms with Crippen LogP contribution in [-0.2, 0) is 0 Å². The van der Waals surface area contributed by atoms with Gasteiger partial charge in [0.15, 0.2) is 0 Å². The highest BCUT2D eigenvalue weighted by atomic mass is 14.9. The normalized spacial score (nSPS) is 24.2. The highest BCUT2D eigenvalue weighted by Gasteiger charge is 2.13. The molecule has 0 aliphatic carbocycles. The molecule has 1 aliphatic heterocycles. The van der Waals surface area contributed by atoms with Crippen molar-refractivity contribution in [2.24, 2.45) is 0 Å². The van der Waals surface area contributed by atoms with E-state index in [0.717, 1.165) is 6.04 Å². The Morgan fingerprint density at radius 3 is 2.85 bits per heavy atom. The molecule has 1 heteroatoms. The molecule has 1 nitrogen and oxygen atoms in total. The van der Waals surface area contributed by atoms with Gasteiger partial charge in [-0.2, -0.15) is 0 Å². The smallest absolute Gasteiger partial charge is 0.0859 e. The lowest BCUT2D eigenvalue weighted by molar-refractivity contribution is -0.688. The van der Waals surface area contributed by atoms with Crippen molar-refractivity contribution in [3.63, 3.8) is 0 Å². The lowest BCUT2D eigenvalue weighted by Crippen LogP contribution is -2.89. The lowest BCUT2D eigenvalue weighted by atomic mass is 10.0. The van der Waals surface area contributed by atoms with Gasteiger partial charge in [0.2, 0.25) is 0 Å². The Morgan fingerprint density at radius 2 is 2.00 bits per heavy atom. The highest BCUT2D eigenvalue weighted by molar-refractivity contribution is 4.58. The van der Waals surface area contributed by atoms with Gasteiger partial charge in [-0.3, -0.25) is 0 Å². The first-order valence-electron chi connectivity index (χ1n) is 6.27.